The highest BCUT2D eigenvalue weighted by atomic mass is 32.1. The fourth-order valence-electron chi connectivity index (χ4n) is 3.89. The Labute approximate surface area is 232 Å². The molecule has 10 heteroatoms. The molecule has 3 aromatic heterocycles. The highest BCUT2D eigenvalue weighted by Gasteiger charge is 2.21. The van der Waals surface area contributed by atoms with Gasteiger partial charge in [-0.3, -0.25) is 9.59 Å². The van der Waals surface area contributed by atoms with Crippen molar-refractivity contribution >= 4 is 61.9 Å². The lowest BCUT2D eigenvalue weighted by molar-refractivity contribution is 0.0476. The first-order valence-corrected chi connectivity index (χ1v) is 13.5. The number of rotatable bonds is 8. The molecule has 39 heavy (non-hydrogen) atoms. The summed E-state index contributed by atoms with van der Waals surface area (Å²) in [5, 5.41) is 5.24. The molecule has 2 aromatic carbocycles. The Morgan fingerprint density at radius 1 is 1.03 bits per heavy atom. The number of amides is 1. The van der Waals surface area contributed by atoms with Crippen LogP contribution in [0.1, 0.15) is 35.3 Å². The molecule has 1 amide bonds. The van der Waals surface area contributed by atoms with Crippen LogP contribution < -0.4 is 15.8 Å². The summed E-state index contributed by atoms with van der Waals surface area (Å²) < 4.78 is 10.5. The van der Waals surface area contributed by atoms with Gasteiger partial charge < -0.3 is 20.5 Å². The molecule has 0 saturated carbocycles. The van der Waals surface area contributed by atoms with E-state index in [0.29, 0.717) is 26.5 Å². The number of benzene rings is 2. The second-order valence-electron chi connectivity index (χ2n) is 8.61. The van der Waals surface area contributed by atoms with Crippen LogP contribution in [-0.4, -0.2) is 36.4 Å². The summed E-state index contributed by atoms with van der Waals surface area (Å²) in [6.45, 7) is 1.63. The molecule has 0 bridgehead atoms. The largest absolute Gasteiger partial charge is 0.495 e. The summed E-state index contributed by atoms with van der Waals surface area (Å²) in [6.07, 6.45) is 0. The normalized spacial score (nSPS) is 10.8. The molecule has 8 nitrogen and oxygen atoms in total. The number of anilines is 2. The quantitative estimate of drug-likeness (QED) is 0.172. The van der Waals surface area contributed by atoms with Gasteiger partial charge in [0.15, 0.2) is 6.61 Å². The second-order valence-corrected chi connectivity index (χ2v) is 10.6. The average Bonchev–Trinajstić information content (AvgIpc) is 3.60. The maximum absolute atomic E-state index is 13.3. The number of hydrogen-bond donors (Lipinski definition) is 2. The number of aryl methyl sites for hydroxylation is 1. The topological polar surface area (TPSA) is 121 Å². The number of nitrogen functional groups attached to an aromatic ring is 1. The maximum Gasteiger partial charge on any atom is 0.338 e. The van der Waals surface area contributed by atoms with Crippen molar-refractivity contribution in [1.29, 1.82) is 0 Å². The Hall–Kier alpha value is -4.54. The Morgan fingerprint density at radius 2 is 1.82 bits per heavy atom. The summed E-state index contributed by atoms with van der Waals surface area (Å²) in [7, 11) is 1.45. The van der Waals surface area contributed by atoms with Gasteiger partial charge in [0.05, 0.1) is 34.6 Å². The van der Waals surface area contributed by atoms with Gasteiger partial charge in [0.2, 0.25) is 5.78 Å². The molecule has 5 rings (SSSR count). The van der Waals surface area contributed by atoms with Gasteiger partial charge in [-0.1, -0.05) is 35.9 Å². The van der Waals surface area contributed by atoms with Crippen molar-refractivity contribution in [3.8, 4) is 17.0 Å². The van der Waals surface area contributed by atoms with Gasteiger partial charge >= 0.3 is 5.97 Å². The van der Waals surface area contributed by atoms with Crippen molar-refractivity contribution in [2.45, 2.75) is 6.92 Å². The Balaban J connectivity index is 1.36. The zero-order valence-corrected chi connectivity index (χ0v) is 22.7. The number of pyridine rings is 1. The highest BCUT2D eigenvalue weighted by molar-refractivity contribution is 7.21. The van der Waals surface area contributed by atoms with Crippen LogP contribution in [0.5, 0.6) is 5.75 Å². The number of nitrogens with two attached hydrogens (primary N) is 1. The van der Waals surface area contributed by atoms with E-state index >= 15 is 0 Å². The molecule has 0 aliphatic heterocycles. The number of thiophene rings is 2. The monoisotopic (exact) mass is 557 g/mol. The second kappa shape index (κ2) is 11.1. The molecular formula is C29H23N3O5S2. The average molecular weight is 558 g/mol. The third-order valence-corrected chi connectivity index (χ3v) is 7.99. The third-order valence-electron chi connectivity index (χ3n) is 5.96. The highest BCUT2D eigenvalue weighted by Crippen LogP contribution is 2.35. The summed E-state index contributed by atoms with van der Waals surface area (Å²) in [5.74, 6) is -1.12. The van der Waals surface area contributed by atoms with E-state index in [4.69, 9.17) is 20.2 Å². The van der Waals surface area contributed by atoms with Gasteiger partial charge in [0, 0.05) is 10.9 Å². The molecule has 5 aromatic rings. The molecule has 0 atom stereocenters. The summed E-state index contributed by atoms with van der Waals surface area (Å²) in [4.78, 5) is 44.2. The van der Waals surface area contributed by atoms with Gasteiger partial charge in [-0.2, -0.15) is 0 Å². The molecule has 0 spiro atoms. The maximum atomic E-state index is 13.3. The Morgan fingerprint density at radius 3 is 2.54 bits per heavy atom. The van der Waals surface area contributed by atoms with Crippen molar-refractivity contribution in [3.05, 3.63) is 93.0 Å². The summed E-state index contributed by atoms with van der Waals surface area (Å²) >= 11 is 2.45. The minimum atomic E-state index is -0.702. The molecule has 3 heterocycles. The summed E-state index contributed by atoms with van der Waals surface area (Å²) in [5.41, 5.74) is 9.95. The van der Waals surface area contributed by atoms with Gasteiger partial charge in [0.1, 0.15) is 15.5 Å². The first-order chi connectivity index (χ1) is 18.8. The number of hydrogen-bond acceptors (Lipinski definition) is 9. The fraction of sp³-hybridized carbons (Fsp3) is 0.103. The molecule has 0 aliphatic rings. The fourth-order valence-corrected chi connectivity index (χ4v) is 5.53. The molecular weight excluding hydrogens is 534 g/mol. The number of nitrogens with zero attached hydrogens (tertiary/aromatic N) is 1. The number of carbonyl (C=O) groups excluding carboxylic acids is 3. The van der Waals surface area contributed by atoms with Gasteiger partial charge in [0.25, 0.3) is 5.91 Å². The zero-order chi connectivity index (χ0) is 27.5. The Bertz CT molecular complexity index is 1690. The van der Waals surface area contributed by atoms with E-state index in [-0.39, 0.29) is 28.5 Å². The number of Topliss-reactive ketones (excluding diaryl/α,β-unsaturated/α-hetero) is 1. The van der Waals surface area contributed by atoms with Gasteiger partial charge in [-0.05, 0) is 48.7 Å². The van der Waals surface area contributed by atoms with E-state index in [1.54, 1.807) is 17.5 Å². The van der Waals surface area contributed by atoms with E-state index in [1.165, 1.54) is 48.0 Å². The van der Waals surface area contributed by atoms with E-state index in [1.807, 2.05) is 43.3 Å². The van der Waals surface area contributed by atoms with Crippen LogP contribution in [0.15, 0.2) is 72.1 Å². The Kier molecular flexibility index (Phi) is 7.40. The van der Waals surface area contributed by atoms with Crippen molar-refractivity contribution in [1.82, 2.24) is 4.98 Å². The van der Waals surface area contributed by atoms with Crippen LogP contribution in [0.4, 0.5) is 11.4 Å². The molecule has 196 valence electrons. The summed E-state index contributed by atoms with van der Waals surface area (Å²) in [6, 6.07) is 19.6. The van der Waals surface area contributed by atoms with Gasteiger partial charge in [-0.15, -0.1) is 22.7 Å². The minimum Gasteiger partial charge on any atom is -0.495 e. The number of ether oxygens (including phenoxy) is 2. The van der Waals surface area contributed by atoms with Crippen molar-refractivity contribution in [3.63, 3.8) is 0 Å². The first kappa shape index (κ1) is 26.1. The van der Waals surface area contributed by atoms with E-state index < -0.39 is 11.9 Å². The van der Waals surface area contributed by atoms with Crippen molar-refractivity contribution in [2.75, 3.05) is 24.8 Å². The predicted octanol–water partition coefficient (Wildman–Crippen LogP) is 6.22. The number of esters is 1. The number of ketones is 1. The standard InChI is InChI=1S/C29H23N3O5S2/c1-16-5-7-17(8-6-16)20-11-10-19-25(30)26(39-28(19)32-20)27(34)31-21-14-18(9-12-23(21)36-2)29(35)37-15-22(33)24-4-3-13-38-24/h3-14H,15,30H2,1-2H3,(H,31,34). The molecule has 0 aliphatic carbocycles. The number of carbonyl (C=O) groups is 3. The molecule has 0 fully saturated rings. The lowest BCUT2D eigenvalue weighted by atomic mass is 10.1. The van der Waals surface area contributed by atoms with Crippen LogP contribution >= 0.6 is 22.7 Å². The van der Waals surface area contributed by atoms with E-state index in [2.05, 4.69) is 5.32 Å². The van der Waals surface area contributed by atoms with Gasteiger partial charge in [-0.25, -0.2) is 9.78 Å². The number of nitrogens with one attached hydrogen (secondary N) is 1. The lowest BCUT2D eigenvalue weighted by Gasteiger charge is -2.12. The molecule has 0 unspecified atom stereocenters. The number of methoxy groups -OCH3 is 1. The SMILES string of the molecule is COc1ccc(C(=O)OCC(=O)c2cccs2)cc1NC(=O)c1sc2nc(-c3ccc(C)cc3)ccc2c1N. The minimum absolute atomic E-state index is 0.152. The molecule has 3 N–H and O–H groups in total. The van der Waals surface area contributed by atoms with E-state index in [0.717, 1.165) is 16.8 Å². The number of aromatic nitrogens is 1. The smallest absolute Gasteiger partial charge is 0.338 e. The third kappa shape index (κ3) is 5.52. The zero-order valence-electron chi connectivity index (χ0n) is 21.0. The van der Waals surface area contributed by atoms with Crippen molar-refractivity contribution < 1.29 is 23.9 Å². The number of fused-ring (bicyclic) bond motifs is 1. The van der Waals surface area contributed by atoms with E-state index in [9.17, 15) is 14.4 Å². The lowest BCUT2D eigenvalue weighted by Crippen LogP contribution is -2.15. The predicted molar refractivity (Wildman–Crippen MR) is 154 cm³/mol. The van der Waals surface area contributed by atoms with Crippen LogP contribution in [-0.2, 0) is 4.74 Å². The molecule has 0 saturated heterocycles. The van der Waals surface area contributed by atoms with Crippen LogP contribution in [0.2, 0.25) is 0 Å². The molecule has 0 radical (unpaired) electrons. The van der Waals surface area contributed by atoms with Crippen LogP contribution in [0.3, 0.4) is 0 Å². The first-order valence-electron chi connectivity index (χ1n) is 11.8. The van der Waals surface area contributed by atoms with Crippen LogP contribution in [0.25, 0.3) is 21.5 Å². The van der Waals surface area contributed by atoms with Crippen molar-refractivity contribution in [2.24, 2.45) is 0 Å². The van der Waals surface area contributed by atoms with Crippen LogP contribution in [0, 0.1) is 6.92 Å².